The van der Waals surface area contributed by atoms with E-state index in [1.165, 1.54) is 6.07 Å². The van der Waals surface area contributed by atoms with Crippen LogP contribution in [0.1, 0.15) is 13.3 Å². The molecule has 0 aliphatic carbocycles. The van der Waals surface area contributed by atoms with Gasteiger partial charge in [0.15, 0.2) is 0 Å². The second kappa shape index (κ2) is 6.96. The van der Waals surface area contributed by atoms with E-state index in [1.807, 2.05) is 4.90 Å². The molecule has 5 heteroatoms. The molecular formula is C13H20FN3O. The van der Waals surface area contributed by atoms with Crippen LogP contribution in [0.4, 0.5) is 10.1 Å². The molecule has 0 spiro atoms. The number of anilines is 1. The van der Waals surface area contributed by atoms with Crippen LogP contribution in [0.2, 0.25) is 0 Å². The molecule has 1 aromatic rings. The van der Waals surface area contributed by atoms with Crippen LogP contribution < -0.4 is 16.4 Å². The normalized spacial score (nSPS) is 12.2. The van der Waals surface area contributed by atoms with Gasteiger partial charge in [0.05, 0.1) is 11.6 Å². The van der Waals surface area contributed by atoms with E-state index >= 15 is 0 Å². The maximum absolute atomic E-state index is 13.7. The average molecular weight is 253 g/mol. The Kier molecular flexibility index (Phi) is 5.58. The number of hydrogen-bond donors (Lipinski definition) is 2. The first-order valence-corrected chi connectivity index (χ1v) is 6.05. The SMILES string of the molecule is CC(CN(CCCN)c1ccccc1F)C(N)=O. The van der Waals surface area contributed by atoms with Crippen molar-refractivity contribution < 1.29 is 9.18 Å². The third-order valence-electron chi connectivity index (χ3n) is 2.81. The van der Waals surface area contributed by atoms with E-state index in [4.69, 9.17) is 11.5 Å². The molecule has 0 aliphatic heterocycles. The molecule has 0 bridgehead atoms. The number of para-hydroxylation sites is 1. The Morgan fingerprint density at radius 2 is 2.11 bits per heavy atom. The van der Waals surface area contributed by atoms with Crippen LogP contribution in [0.5, 0.6) is 0 Å². The number of benzene rings is 1. The summed E-state index contributed by atoms with van der Waals surface area (Å²) < 4.78 is 13.7. The third kappa shape index (κ3) is 4.00. The van der Waals surface area contributed by atoms with Crippen molar-refractivity contribution in [2.75, 3.05) is 24.5 Å². The predicted octanol–water partition coefficient (Wildman–Crippen LogP) is 1.10. The number of nitrogens with two attached hydrogens (primary N) is 2. The number of primary amides is 1. The Balaban J connectivity index is 2.84. The second-order valence-electron chi connectivity index (χ2n) is 4.34. The van der Waals surface area contributed by atoms with E-state index in [0.29, 0.717) is 25.3 Å². The number of nitrogens with zero attached hydrogens (tertiary/aromatic N) is 1. The van der Waals surface area contributed by atoms with Crippen LogP contribution in [-0.4, -0.2) is 25.5 Å². The highest BCUT2D eigenvalue weighted by Gasteiger charge is 2.17. The number of hydrogen-bond acceptors (Lipinski definition) is 3. The number of halogens is 1. The monoisotopic (exact) mass is 253 g/mol. The van der Waals surface area contributed by atoms with Crippen molar-refractivity contribution in [2.24, 2.45) is 17.4 Å². The van der Waals surface area contributed by atoms with Gasteiger partial charge in [0.1, 0.15) is 5.82 Å². The van der Waals surface area contributed by atoms with Crippen LogP contribution >= 0.6 is 0 Å². The highest BCUT2D eigenvalue weighted by atomic mass is 19.1. The van der Waals surface area contributed by atoms with Crippen molar-refractivity contribution in [3.8, 4) is 0 Å². The first-order chi connectivity index (χ1) is 8.56. The molecule has 0 saturated heterocycles. The Bertz CT molecular complexity index is 398. The van der Waals surface area contributed by atoms with Gasteiger partial charge in [-0.05, 0) is 25.1 Å². The largest absolute Gasteiger partial charge is 0.369 e. The summed E-state index contributed by atoms with van der Waals surface area (Å²) in [5.41, 5.74) is 11.2. The van der Waals surface area contributed by atoms with Crippen molar-refractivity contribution >= 4 is 11.6 Å². The highest BCUT2D eigenvalue weighted by molar-refractivity contribution is 5.77. The van der Waals surface area contributed by atoms with Crippen molar-refractivity contribution in [3.63, 3.8) is 0 Å². The predicted molar refractivity (Wildman–Crippen MR) is 70.6 cm³/mol. The zero-order valence-corrected chi connectivity index (χ0v) is 10.6. The van der Waals surface area contributed by atoms with Gasteiger partial charge in [-0.15, -0.1) is 0 Å². The summed E-state index contributed by atoms with van der Waals surface area (Å²) >= 11 is 0. The fraction of sp³-hybridized carbons (Fsp3) is 0.462. The Morgan fingerprint density at radius 1 is 1.44 bits per heavy atom. The van der Waals surface area contributed by atoms with Crippen LogP contribution in [0.3, 0.4) is 0 Å². The van der Waals surface area contributed by atoms with Gasteiger partial charge in [-0.3, -0.25) is 4.79 Å². The van der Waals surface area contributed by atoms with Gasteiger partial charge in [-0.25, -0.2) is 4.39 Å². The molecule has 0 heterocycles. The van der Waals surface area contributed by atoms with E-state index in [9.17, 15) is 9.18 Å². The molecule has 4 nitrogen and oxygen atoms in total. The van der Waals surface area contributed by atoms with Crippen LogP contribution in [-0.2, 0) is 4.79 Å². The molecule has 1 rings (SSSR count). The van der Waals surface area contributed by atoms with Gasteiger partial charge in [0.25, 0.3) is 0 Å². The summed E-state index contributed by atoms with van der Waals surface area (Å²) in [6, 6.07) is 6.50. The van der Waals surface area contributed by atoms with Gasteiger partial charge in [0.2, 0.25) is 5.91 Å². The molecule has 18 heavy (non-hydrogen) atoms. The molecule has 0 radical (unpaired) electrons. The average Bonchev–Trinajstić information content (AvgIpc) is 2.35. The molecule has 100 valence electrons. The van der Waals surface area contributed by atoms with Crippen molar-refractivity contribution in [1.82, 2.24) is 0 Å². The molecule has 0 aliphatic rings. The molecule has 0 fully saturated rings. The quantitative estimate of drug-likeness (QED) is 0.764. The zero-order chi connectivity index (χ0) is 13.5. The lowest BCUT2D eigenvalue weighted by Crippen LogP contribution is -2.36. The molecule has 4 N–H and O–H groups in total. The fourth-order valence-electron chi connectivity index (χ4n) is 1.72. The van der Waals surface area contributed by atoms with Crippen LogP contribution in [0.15, 0.2) is 24.3 Å². The van der Waals surface area contributed by atoms with Crippen molar-refractivity contribution in [3.05, 3.63) is 30.1 Å². The molecular weight excluding hydrogens is 233 g/mol. The summed E-state index contributed by atoms with van der Waals surface area (Å²) in [7, 11) is 0. The number of carbonyl (C=O) groups excluding carboxylic acids is 1. The van der Waals surface area contributed by atoms with E-state index in [2.05, 4.69) is 0 Å². The molecule has 0 saturated carbocycles. The van der Waals surface area contributed by atoms with Crippen molar-refractivity contribution in [1.29, 1.82) is 0 Å². The topological polar surface area (TPSA) is 72.3 Å². The molecule has 0 aromatic heterocycles. The Hall–Kier alpha value is -1.62. The minimum atomic E-state index is -0.385. The summed E-state index contributed by atoms with van der Waals surface area (Å²) in [5.74, 6) is -1.02. The summed E-state index contributed by atoms with van der Waals surface area (Å²) in [5, 5.41) is 0. The maximum atomic E-state index is 13.7. The first kappa shape index (κ1) is 14.4. The fourth-order valence-corrected chi connectivity index (χ4v) is 1.72. The molecule has 1 aromatic carbocycles. The van der Waals surface area contributed by atoms with Gasteiger partial charge in [0, 0.05) is 13.1 Å². The number of amides is 1. The van der Waals surface area contributed by atoms with E-state index < -0.39 is 0 Å². The second-order valence-corrected chi connectivity index (χ2v) is 4.34. The minimum Gasteiger partial charge on any atom is -0.369 e. The van der Waals surface area contributed by atoms with Crippen LogP contribution in [0.25, 0.3) is 0 Å². The lowest BCUT2D eigenvalue weighted by molar-refractivity contribution is -0.121. The van der Waals surface area contributed by atoms with Gasteiger partial charge in [-0.2, -0.15) is 0 Å². The molecule has 1 amide bonds. The van der Waals surface area contributed by atoms with Gasteiger partial charge >= 0.3 is 0 Å². The zero-order valence-electron chi connectivity index (χ0n) is 10.6. The Morgan fingerprint density at radius 3 is 2.67 bits per heavy atom. The summed E-state index contributed by atoms with van der Waals surface area (Å²) in [6.07, 6.45) is 0.736. The lowest BCUT2D eigenvalue weighted by Gasteiger charge is -2.27. The maximum Gasteiger partial charge on any atom is 0.222 e. The van der Waals surface area contributed by atoms with E-state index in [-0.39, 0.29) is 17.6 Å². The first-order valence-electron chi connectivity index (χ1n) is 6.05. The highest BCUT2D eigenvalue weighted by Crippen LogP contribution is 2.20. The van der Waals surface area contributed by atoms with Gasteiger partial charge in [-0.1, -0.05) is 19.1 Å². The number of rotatable bonds is 7. The molecule has 1 atom stereocenters. The summed E-state index contributed by atoms with van der Waals surface area (Å²) in [4.78, 5) is 12.9. The Labute approximate surface area is 107 Å². The van der Waals surface area contributed by atoms with Crippen molar-refractivity contribution in [2.45, 2.75) is 13.3 Å². The van der Waals surface area contributed by atoms with Crippen LogP contribution in [0, 0.1) is 11.7 Å². The summed E-state index contributed by atoms with van der Waals surface area (Å²) in [6.45, 7) is 3.26. The lowest BCUT2D eigenvalue weighted by atomic mass is 10.1. The number of carbonyl (C=O) groups is 1. The van der Waals surface area contributed by atoms with E-state index in [0.717, 1.165) is 6.42 Å². The smallest absolute Gasteiger partial charge is 0.222 e. The third-order valence-corrected chi connectivity index (χ3v) is 2.81. The molecule has 1 unspecified atom stereocenters. The standard InChI is InChI=1S/C13H20FN3O/c1-10(13(16)18)9-17(8-4-7-15)12-6-3-2-5-11(12)14/h2-3,5-6,10H,4,7-9,15H2,1H3,(H2,16,18). The van der Waals surface area contributed by atoms with Gasteiger partial charge < -0.3 is 16.4 Å². The van der Waals surface area contributed by atoms with E-state index in [1.54, 1.807) is 25.1 Å². The minimum absolute atomic E-state index is 0.300.